The summed E-state index contributed by atoms with van der Waals surface area (Å²) < 4.78 is 0. The molecule has 0 bridgehead atoms. The fourth-order valence-corrected chi connectivity index (χ4v) is 2.18. The van der Waals surface area contributed by atoms with Crippen molar-refractivity contribution >= 4 is 6.29 Å². The summed E-state index contributed by atoms with van der Waals surface area (Å²) in [5.74, 6) is 0. The maximum absolute atomic E-state index is 10.9. The molecule has 2 nitrogen and oxygen atoms in total. The van der Waals surface area contributed by atoms with Crippen molar-refractivity contribution in [2.75, 3.05) is 0 Å². The Morgan fingerprint density at radius 2 is 1.26 bits per heavy atom. The van der Waals surface area contributed by atoms with E-state index in [1.54, 1.807) is 0 Å². The molecule has 0 saturated carbocycles. The van der Waals surface area contributed by atoms with Crippen LogP contribution in [0.4, 0.5) is 0 Å². The van der Waals surface area contributed by atoms with Gasteiger partial charge in [0.1, 0.15) is 11.9 Å². The minimum atomic E-state index is -1.25. The normalized spacial score (nSPS) is 11.3. The number of benzene rings is 2. The number of aliphatic hydroxyl groups is 1. The van der Waals surface area contributed by atoms with E-state index in [-0.39, 0.29) is 6.42 Å². The molecule has 0 heterocycles. The van der Waals surface area contributed by atoms with Gasteiger partial charge in [-0.15, -0.1) is 0 Å². The van der Waals surface area contributed by atoms with Gasteiger partial charge in [0.25, 0.3) is 0 Å². The zero-order chi connectivity index (χ0) is 13.9. The van der Waals surface area contributed by atoms with Crippen molar-refractivity contribution in [2.45, 2.75) is 25.9 Å². The molecule has 0 unspecified atom stereocenters. The molecule has 0 radical (unpaired) electrons. The molecule has 98 valence electrons. The molecule has 0 saturated heterocycles. The lowest BCUT2D eigenvalue weighted by Crippen LogP contribution is -2.27. The van der Waals surface area contributed by atoms with Crippen molar-refractivity contribution < 1.29 is 9.90 Å². The standard InChI is InChI=1S/C17H18O2/c1-13-3-7-15(8-4-13)17(19,11-12-18)16-9-5-14(2)6-10-16/h3-10,12,19H,11H2,1-2H3. The number of carbonyl (C=O) groups is 1. The van der Waals surface area contributed by atoms with E-state index >= 15 is 0 Å². The lowest BCUT2D eigenvalue weighted by molar-refractivity contribution is -0.111. The van der Waals surface area contributed by atoms with Gasteiger partial charge in [0.2, 0.25) is 0 Å². The molecule has 2 aromatic rings. The smallest absolute Gasteiger partial charge is 0.123 e. The third-order valence-electron chi connectivity index (χ3n) is 3.44. The van der Waals surface area contributed by atoms with Crippen LogP contribution in [-0.2, 0) is 10.4 Å². The largest absolute Gasteiger partial charge is 0.380 e. The molecule has 0 aromatic heterocycles. The Morgan fingerprint density at radius 3 is 1.58 bits per heavy atom. The number of aldehydes is 1. The highest BCUT2D eigenvalue weighted by atomic mass is 16.3. The van der Waals surface area contributed by atoms with Gasteiger partial charge in [0, 0.05) is 6.42 Å². The van der Waals surface area contributed by atoms with Crippen LogP contribution >= 0.6 is 0 Å². The topological polar surface area (TPSA) is 37.3 Å². The third-order valence-corrected chi connectivity index (χ3v) is 3.44. The molecule has 0 aliphatic rings. The summed E-state index contributed by atoms with van der Waals surface area (Å²) in [5.41, 5.74) is 2.49. The van der Waals surface area contributed by atoms with Crippen molar-refractivity contribution in [3.63, 3.8) is 0 Å². The van der Waals surface area contributed by atoms with Gasteiger partial charge in [-0.3, -0.25) is 0 Å². The third kappa shape index (κ3) is 2.74. The molecule has 2 aromatic carbocycles. The van der Waals surface area contributed by atoms with Crippen LogP contribution < -0.4 is 0 Å². The number of hydrogen-bond acceptors (Lipinski definition) is 2. The zero-order valence-corrected chi connectivity index (χ0v) is 11.3. The Hall–Kier alpha value is -1.93. The van der Waals surface area contributed by atoms with Gasteiger partial charge in [-0.05, 0) is 25.0 Å². The van der Waals surface area contributed by atoms with E-state index in [1.807, 2.05) is 62.4 Å². The average molecular weight is 254 g/mol. The van der Waals surface area contributed by atoms with E-state index in [1.165, 1.54) is 0 Å². The van der Waals surface area contributed by atoms with Crippen LogP contribution in [0.3, 0.4) is 0 Å². The zero-order valence-electron chi connectivity index (χ0n) is 11.3. The van der Waals surface area contributed by atoms with E-state index in [9.17, 15) is 9.90 Å². The van der Waals surface area contributed by atoms with Crippen LogP contribution in [0.1, 0.15) is 28.7 Å². The highest BCUT2D eigenvalue weighted by molar-refractivity contribution is 5.56. The maximum Gasteiger partial charge on any atom is 0.123 e. The average Bonchev–Trinajstić information content (AvgIpc) is 2.40. The monoisotopic (exact) mass is 254 g/mol. The van der Waals surface area contributed by atoms with Crippen LogP contribution in [0.15, 0.2) is 48.5 Å². The summed E-state index contributed by atoms with van der Waals surface area (Å²) in [6.07, 6.45) is 0.818. The van der Waals surface area contributed by atoms with Gasteiger partial charge in [-0.2, -0.15) is 0 Å². The van der Waals surface area contributed by atoms with Crippen molar-refractivity contribution in [1.29, 1.82) is 0 Å². The SMILES string of the molecule is Cc1ccc(C(O)(CC=O)c2ccc(C)cc2)cc1. The second kappa shape index (κ2) is 5.37. The molecule has 0 amide bonds. The Labute approximate surface area is 113 Å². The highest BCUT2D eigenvalue weighted by Gasteiger charge is 2.30. The Balaban J connectivity index is 2.50. The first kappa shape index (κ1) is 13.5. The summed E-state index contributed by atoms with van der Waals surface area (Å²) in [6.45, 7) is 3.99. The number of carbonyl (C=O) groups excluding carboxylic acids is 1. The predicted molar refractivity (Wildman–Crippen MR) is 76.0 cm³/mol. The molecule has 19 heavy (non-hydrogen) atoms. The van der Waals surface area contributed by atoms with E-state index in [0.29, 0.717) is 0 Å². The molecule has 2 heteroatoms. The lowest BCUT2D eigenvalue weighted by Gasteiger charge is -2.27. The van der Waals surface area contributed by atoms with Gasteiger partial charge in [0.05, 0.1) is 0 Å². The molecule has 1 N–H and O–H groups in total. The quantitative estimate of drug-likeness (QED) is 0.851. The summed E-state index contributed by atoms with van der Waals surface area (Å²) in [4.78, 5) is 10.9. The van der Waals surface area contributed by atoms with Crippen LogP contribution in [0.5, 0.6) is 0 Å². The van der Waals surface area contributed by atoms with Crippen molar-refractivity contribution in [1.82, 2.24) is 0 Å². The minimum Gasteiger partial charge on any atom is -0.380 e. The number of hydrogen-bond donors (Lipinski definition) is 1. The van der Waals surface area contributed by atoms with Crippen molar-refractivity contribution in [3.05, 3.63) is 70.8 Å². The summed E-state index contributed by atoms with van der Waals surface area (Å²) in [5, 5.41) is 10.9. The van der Waals surface area contributed by atoms with E-state index in [0.717, 1.165) is 28.5 Å². The van der Waals surface area contributed by atoms with Crippen LogP contribution in [-0.4, -0.2) is 11.4 Å². The van der Waals surface area contributed by atoms with E-state index < -0.39 is 5.60 Å². The molecular formula is C17H18O2. The first-order valence-electron chi connectivity index (χ1n) is 6.36. The fourth-order valence-electron chi connectivity index (χ4n) is 2.18. The van der Waals surface area contributed by atoms with Gasteiger partial charge < -0.3 is 9.90 Å². The first-order valence-corrected chi connectivity index (χ1v) is 6.36. The highest BCUT2D eigenvalue weighted by Crippen LogP contribution is 2.32. The summed E-state index contributed by atoms with van der Waals surface area (Å²) >= 11 is 0. The molecule has 0 aliphatic carbocycles. The van der Waals surface area contributed by atoms with Gasteiger partial charge >= 0.3 is 0 Å². The molecule has 0 atom stereocenters. The Bertz CT molecular complexity index is 507. The van der Waals surface area contributed by atoms with Gasteiger partial charge in [-0.1, -0.05) is 59.7 Å². The van der Waals surface area contributed by atoms with Crippen LogP contribution in [0, 0.1) is 13.8 Å². The van der Waals surface area contributed by atoms with Crippen LogP contribution in [0.2, 0.25) is 0 Å². The molecule has 2 rings (SSSR count). The number of aryl methyl sites for hydroxylation is 2. The van der Waals surface area contributed by atoms with E-state index in [2.05, 4.69) is 0 Å². The van der Waals surface area contributed by atoms with Crippen molar-refractivity contribution in [3.8, 4) is 0 Å². The Morgan fingerprint density at radius 1 is 0.895 bits per heavy atom. The van der Waals surface area contributed by atoms with E-state index in [4.69, 9.17) is 0 Å². The minimum absolute atomic E-state index is 0.0547. The fraction of sp³-hybridized carbons (Fsp3) is 0.235. The molecule has 0 aliphatic heterocycles. The number of rotatable bonds is 4. The van der Waals surface area contributed by atoms with Gasteiger partial charge in [0.15, 0.2) is 0 Å². The van der Waals surface area contributed by atoms with Crippen LogP contribution in [0.25, 0.3) is 0 Å². The predicted octanol–water partition coefficient (Wildman–Crippen LogP) is 3.13. The molecule has 0 fully saturated rings. The molecule has 0 spiro atoms. The molecular weight excluding hydrogens is 236 g/mol. The van der Waals surface area contributed by atoms with Crippen molar-refractivity contribution in [2.24, 2.45) is 0 Å². The first-order chi connectivity index (χ1) is 9.06. The summed E-state index contributed by atoms with van der Waals surface area (Å²) in [7, 11) is 0. The second-order valence-electron chi connectivity index (χ2n) is 4.96. The summed E-state index contributed by atoms with van der Waals surface area (Å²) in [6, 6.07) is 15.3. The Kier molecular flexibility index (Phi) is 3.82. The second-order valence-corrected chi connectivity index (χ2v) is 4.96. The maximum atomic E-state index is 10.9. The van der Waals surface area contributed by atoms with Gasteiger partial charge in [-0.25, -0.2) is 0 Å². The lowest BCUT2D eigenvalue weighted by atomic mass is 9.83.